The maximum absolute atomic E-state index is 12.7. The minimum absolute atomic E-state index is 0. The molecular formula is C31H56N2O4. The van der Waals surface area contributed by atoms with Gasteiger partial charge in [0, 0.05) is 19.0 Å². The van der Waals surface area contributed by atoms with Crippen molar-refractivity contribution < 1.29 is 19.4 Å². The quantitative estimate of drug-likeness (QED) is 0.160. The van der Waals surface area contributed by atoms with E-state index < -0.39 is 12.1 Å². The molecule has 2 atom stereocenters. The summed E-state index contributed by atoms with van der Waals surface area (Å²) in [6.07, 6.45) is 16.4. The SMILES string of the molecule is C.CCCCCCCCCCCCCCCC(=O)N[C@H](CNC(C)C)[C@H](O)c1ccc2c(c1)OCCO2. The topological polar surface area (TPSA) is 79.8 Å². The number of carbonyl (C=O) groups excluding carboxylic acids is 1. The Balaban J connectivity index is 0.00000684. The maximum Gasteiger partial charge on any atom is 0.220 e. The zero-order valence-corrected chi connectivity index (χ0v) is 23.2. The van der Waals surface area contributed by atoms with Crippen molar-refractivity contribution >= 4 is 5.91 Å². The third kappa shape index (κ3) is 14.1. The molecule has 0 saturated heterocycles. The summed E-state index contributed by atoms with van der Waals surface area (Å²) < 4.78 is 11.3. The van der Waals surface area contributed by atoms with Gasteiger partial charge >= 0.3 is 0 Å². The maximum atomic E-state index is 12.7. The lowest BCUT2D eigenvalue weighted by molar-refractivity contribution is -0.122. The van der Waals surface area contributed by atoms with Crippen molar-refractivity contribution in [3.8, 4) is 11.5 Å². The van der Waals surface area contributed by atoms with Crippen molar-refractivity contribution in [3.05, 3.63) is 23.8 Å². The Morgan fingerprint density at radius 2 is 1.41 bits per heavy atom. The number of hydrogen-bond donors (Lipinski definition) is 3. The highest BCUT2D eigenvalue weighted by molar-refractivity contribution is 5.76. The van der Waals surface area contributed by atoms with Crippen LogP contribution < -0.4 is 20.1 Å². The van der Waals surface area contributed by atoms with Crippen LogP contribution in [0.5, 0.6) is 11.5 Å². The fourth-order valence-electron chi connectivity index (χ4n) is 4.66. The number of ether oxygens (including phenoxy) is 2. The number of unbranched alkanes of at least 4 members (excludes halogenated alkanes) is 12. The average Bonchev–Trinajstić information content (AvgIpc) is 2.88. The number of fused-ring (bicyclic) bond motifs is 1. The van der Waals surface area contributed by atoms with E-state index in [0.717, 1.165) is 18.4 Å². The molecule has 6 heteroatoms. The monoisotopic (exact) mass is 520 g/mol. The van der Waals surface area contributed by atoms with Gasteiger partial charge in [-0.3, -0.25) is 4.79 Å². The molecule has 37 heavy (non-hydrogen) atoms. The van der Waals surface area contributed by atoms with Gasteiger partial charge in [0.05, 0.1) is 6.04 Å². The van der Waals surface area contributed by atoms with Crippen molar-refractivity contribution in [1.82, 2.24) is 10.6 Å². The summed E-state index contributed by atoms with van der Waals surface area (Å²) in [6.45, 7) is 7.91. The zero-order valence-electron chi connectivity index (χ0n) is 23.2. The normalized spacial score (nSPS) is 14.2. The van der Waals surface area contributed by atoms with Crippen LogP contribution in [0.1, 0.15) is 130 Å². The second-order valence-corrected chi connectivity index (χ2v) is 10.6. The van der Waals surface area contributed by atoms with Crippen molar-refractivity contribution in [3.63, 3.8) is 0 Å². The molecule has 0 saturated carbocycles. The van der Waals surface area contributed by atoms with Gasteiger partial charge < -0.3 is 25.2 Å². The van der Waals surface area contributed by atoms with Gasteiger partial charge in [-0.25, -0.2) is 0 Å². The molecule has 3 N–H and O–H groups in total. The predicted molar refractivity (Wildman–Crippen MR) is 155 cm³/mol. The molecule has 0 unspecified atom stereocenters. The summed E-state index contributed by atoms with van der Waals surface area (Å²) in [7, 11) is 0. The molecular weight excluding hydrogens is 464 g/mol. The third-order valence-electron chi connectivity index (χ3n) is 6.89. The number of carbonyl (C=O) groups is 1. The Kier molecular flexibility index (Phi) is 18.2. The fourth-order valence-corrected chi connectivity index (χ4v) is 4.66. The highest BCUT2D eigenvalue weighted by Crippen LogP contribution is 2.33. The van der Waals surface area contributed by atoms with Gasteiger partial charge in [-0.2, -0.15) is 0 Å². The molecule has 2 rings (SSSR count). The molecule has 214 valence electrons. The van der Waals surface area contributed by atoms with E-state index in [2.05, 4.69) is 31.4 Å². The van der Waals surface area contributed by atoms with Crippen LogP contribution in [-0.2, 0) is 4.79 Å². The molecule has 1 aliphatic rings. The Labute approximate surface area is 227 Å². The van der Waals surface area contributed by atoms with Crippen LogP contribution in [0, 0.1) is 0 Å². The number of amides is 1. The zero-order chi connectivity index (χ0) is 26.0. The van der Waals surface area contributed by atoms with Crippen LogP contribution in [0.2, 0.25) is 0 Å². The van der Waals surface area contributed by atoms with Crippen LogP contribution in [0.25, 0.3) is 0 Å². The Morgan fingerprint density at radius 1 is 0.865 bits per heavy atom. The van der Waals surface area contributed by atoms with Gasteiger partial charge in [0.15, 0.2) is 11.5 Å². The van der Waals surface area contributed by atoms with E-state index in [1.807, 2.05) is 18.2 Å². The number of hydrogen-bond acceptors (Lipinski definition) is 5. The van der Waals surface area contributed by atoms with Crippen molar-refractivity contribution in [2.45, 2.75) is 136 Å². The van der Waals surface area contributed by atoms with Crippen LogP contribution in [0.15, 0.2) is 18.2 Å². The van der Waals surface area contributed by atoms with Crippen molar-refractivity contribution in [1.29, 1.82) is 0 Å². The molecule has 0 aromatic heterocycles. The summed E-state index contributed by atoms with van der Waals surface area (Å²) in [5.74, 6) is 1.34. The lowest BCUT2D eigenvalue weighted by Crippen LogP contribution is -2.47. The smallest absolute Gasteiger partial charge is 0.220 e. The summed E-state index contributed by atoms with van der Waals surface area (Å²) in [5.41, 5.74) is 0.719. The van der Waals surface area contributed by atoms with Crippen LogP contribution in [0.4, 0.5) is 0 Å². The Hall–Kier alpha value is -1.79. The van der Waals surface area contributed by atoms with E-state index in [9.17, 15) is 9.90 Å². The standard InChI is InChI=1S/C30H52N2O4.CH4/c1-4-5-6-7-8-9-10-11-12-13-14-15-16-17-29(33)32-26(23-31-24(2)3)30(34)25-18-19-27-28(22-25)36-21-20-35-27;/h18-19,22,24,26,30-31,34H,4-17,20-21,23H2,1-3H3,(H,32,33);1H4/t26-,30-;/m1./s1. The highest BCUT2D eigenvalue weighted by Gasteiger charge is 2.25. The van der Waals surface area contributed by atoms with Gasteiger partial charge in [0.25, 0.3) is 0 Å². The molecule has 1 aromatic rings. The van der Waals surface area contributed by atoms with E-state index in [-0.39, 0.29) is 19.4 Å². The predicted octanol–water partition coefficient (Wildman–Crippen LogP) is 7.09. The fraction of sp³-hybridized carbons (Fsp3) is 0.774. The van der Waals surface area contributed by atoms with E-state index >= 15 is 0 Å². The van der Waals surface area contributed by atoms with E-state index in [1.165, 1.54) is 70.6 Å². The second-order valence-electron chi connectivity index (χ2n) is 10.6. The van der Waals surface area contributed by atoms with Gasteiger partial charge in [0.1, 0.15) is 19.3 Å². The molecule has 1 aromatic carbocycles. The van der Waals surface area contributed by atoms with Gasteiger partial charge in [0.2, 0.25) is 5.91 Å². The largest absolute Gasteiger partial charge is 0.486 e. The van der Waals surface area contributed by atoms with Crippen LogP contribution in [-0.4, -0.2) is 42.9 Å². The first-order valence-corrected chi connectivity index (χ1v) is 14.6. The summed E-state index contributed by atoms with van der Waals surface area (Å²) >= 11 is 0. The lowest BCUT2D eigenvalue weighted by atomic mass is 10.0. The molecule has 1 heterocycles. The van der Waals surface area contributed by atoms with Crippen LogP contribution in [0.3, 0.4) is 0 Å². The second kappa shape index (κ2) is 20.2. The Morgan fingerprint density at radius 3 is 1.97 bits per heavy atom. The first-order valence-electron chi connectivity index (χ1n) is 14.6. The molecule has 0 spiro atoms. The van der Waals surface area contributed by atoms with E-state index in [1.54, 1.807) is 0 Å². The first kappa shape index (κ1) is 33.2. The number of rotatable bonds is 20. The van der Waals surface area contributed by atoms with Gasteiger partial charge in [-0.1, -0.05) is 111 Å². The molecule has 0 radical (unpaired) electrons. The minimum Gasteiger partial charge on any atom is -0.486 e. The highest BCUT2D eigenvalue weighted by atomic mass is 16.6. The Bertz CT molecular complexity index is 725. The average molecular weight is 521 g/mol. The molecule has 0 aliphatic carbocycles. The van der Waals surface area contributed by atoms with Gasteiger partial charge in [-0.05, 0) is 24.1 Å². The summed E-state index contributed by atoms with van der Waals surface area (Å²) in [4.78, 5) is 12.7. The molecule has 1 aliphatic heterocycles. The summed E-state index contributed by atoms with van der Waals surface area (Å²) in [5, 5.41) is 17.5. The number of aliphatic hydroxyl groups excluding tert-OH is 1. The molecule has 1 amide bonds. The third-order valence-corrected chi connectivity index (χ3v) is 6.89. The lowest BCUT2D eigenvalue weighted by Gasteiger charge is -2.27. The minimum atomic E-state index is -0.831. The first-order chi connectivity index (χ1) is 17.5. The molecule has 0 bridgehead atoms. The molecule has 0 fully saturated rings. The number of aliphatic hydroxyl groups is 1. The van der Waals surface area contributed by atoms with Crippen LogP contribution >= 0.6 is 0 Å². The number of nitrogens with one attached hydrogen (secondary N) is 2. The van der Waals surface area contributed by atoms with E-state index in [0.29, 0.717) is 37.7 Å². The number of benzene rings is 1. The van der Waals surface area contributed by atoms with Crippen molar-refractivity contribution in [2.24, 2.45) is 0 Å². The van der Waals surface area contributed by atoms with E-state index in [4.69, 9.17) is 9.47 Å². The van der Waals surface area contributed by atoms with Gasteiger partial charge in [-0.15, -0.1) is 0 Å². The van der Waals surface area contributed by atoms with Crippen molar-refractivity contribution in [2.75, 3.05) is 19.8 Å². The summed E-state index contributed by atoms with van der Waals surface area (Å²) in [6, 6.07) is 5.34. The molecule has 6 nitrogen and oxygen atoms in total.